The molecule has 14 heavy (non-hydrogen) atoms. The van der Waals surface area contributed by atoms with Crippen molar-refractivity contribution in [1.82, 2.24) is 0 Å². The quantitative estimate of drug-likeness (QED) is 0.384. The summed E-state index contributed by atoms with van der Waals surface area (Å²) < 4.78 is 72.8. The fourth-order valence-electron chi connectivity index (χ4n) is 0.826. The van der Waals surface area contributed by atoms with Crippen LogP contribution in [0.15, 0.2) is 10.5 Å². The van der Waals surface area contributed by atoms with E-state index in [2.05, 4.69) is 15.9 Å². The van der Waals surface area contributed by atoms with Crippen molar-refractivity contribution in [1.29, 1.82) is 0 Å². The number of alkyl halides is 3. The van der Waals surface area contributed by atoms with Crippen LogP contribution in [0.1, 0.15) is 5.56 Å². The van der Waals surface area contributed by atoms with Crippen LogP contribution in [-0.4, -0.2) is 0 Å². The highest BCUT2D eigenvalue weighted by atomic mass is 79.9. The van der Waals surface area contributed by atoms with E-state index in [0.29, 0.717) is 0 Å². The van der Waals surface area contributed by atoms with Gasteiger partial charge in [-0.2, -0.15) is 13.2 Å². The van der Waals surface area contributed by atoms with Crippen LogP contribution in [0.3, 0.4) is 0 Å². The number of hydrogen-bond donors (Lipinski definition) is 0. The van der Waals surface area contributed by atoms with E-state index in [9.17, 15) is 26.3 Å². The van der Waals surface area contributed by atoms with Crippen LogP contribution in [-0.2, 0) is 6.18 Å². The van der Waals surface area contributed by atoms with Gasteiger partial charge in [-0.25, -0.2) is 13.2 Å². The molecule has 0 bridgehead atoms. The lowest BCUT2D eigenvalue weighted by molar-refractivity contribution is -0.142. The van der Waals surface area contributed by atoms with Gasteiger partial charge in [0.2, 0.25) is 0 Å². The smallest absolute Gasteiger partial charge is 0.206 e. The van der Waals surface area contributed by atoms with E-state index in [1.165, 1.54) is 0 Å². The van der Waals surface area contributed by atoms with Crippen LogP contribution in [0.4, 0.5) is 26.3 Å². The average molecular weight is 279 g/mol. The van der Waals surface area contributed by atoms with Crippen molar-refractivity contribution in [3.63, 3.8) is 0 Å². The number of halogens is 7. The lowest BCUT2D eigenvalue weighted by Crippen LogP contribution is -2.12. The molecule has 0 heterocycles. The average Bonchev–Trinajstić information content (AvgIpc) is 1.97. The minimum absolute atomic E-state index is 0.0318. The van der Waals surface area contributed by atoms with Gasteiger partial charge in [0.1, 0.15) is 17.2 Å². The summed E-state index contributed by atoms with van der Waals surface area (Å²) in [5.74, 6) is -5.39. The summed E-state index contributed by atoms with van der Waals surface area (Å²) in [5.41, 5.74) is -2.11. The molecule has 0 radical (unpaired) electrons. The molecule has 1 rings (SSSR count). The Morgan fingerprint density at radius 2 is 1.50 bits per heavy atom. The van der Waals surface area contributed by atoms with Crippen molar-refractivity contribution >= 4 is 15.9 Å². The summed E-state index contributed by atoms with van der Waals surface area (Å²) in [7, 11) is 0. The Morgan fingerprint density at radius 3 is 1.93 bits per heavy atom. The van der Waals surface area contributed by atoms with E-state index in [0.717, 1.165) is 0 Å². The third-order valence-electron chi connectivity index (χ3n) is 1.40. The monoisotopic (exact) mass is 278 g/mol. The number of hydrogen-bond acceptors (Lipinski definition) is 0. The standard InChI is InChI=1S/C7HBrF6/c8-5-3(10)1-2(9)4(6(5)11)7(12,13)14/h1H. The second kappa shape index (κ2) is 3.45. The molecule has 1 aromatic rings. The molecule has 0 atom stereocenters. The van der Waals surface area contributed by atoms with Crippen molar-refractivity contribution in [3.05, 3.63) is 33.6 Å². The van der Waals surface area contributed by atoms with Gasteiger partial charge in [0, 0.05) is 6.07 Å². The molecular weight excluding hydrogens is 278 g/mol. The third-order valence-corrected chi connectivity index (χ3v) is 2.12. The molecule has 0 spiro atoms. The van der Waals surface area contributed by atoms with Gasteiger partial charge < -0.3 is 0 Å². The Bertz CT molecular complexity index is 369. The molecule has 0 N–H and O–H groups in total. The van der Waals surface area contributed by atoms with E-state index in [4.69, 9.17) is 0 Å². The summed E-state index contributed by atoms with van der Waals surface area (Å²) in [4.78, 5) is 0. The van der Waals surface area contributed by atoms with Crippen molar-refractivity contribution in [3.8, 4) is 0 Å². The van der Waals surface area contributed by atoms with Gasteiger partial charge in [-0.15, -0.1) is 0 Å². The van der Waals surface area contributed by atoms with Gasteiger partial charge in [0.05, 0.1) is 4.47 Å². The summed E-state index contributed by atoms with van der Waals surface area (Å²) in [5, 5.41) is 0. The predicted octanol–water partition coefficient (Wildman–Crippen LogP) is 3.89. The van der Waals surface area contributed by atoms with Gasteiger partial charge in [0.15, 0.2) is 5.82 Å². The largest absolute Gasteiger partial charge is 0.422 e. The van der Waals surface area contributed by atoms with Gasteiger partial charge in [-0.3, -0.25) is 0 Å². The van der Waals surface area contributed by atoms with Crippen LogP contribution in [0.2, 0.25) is 0 Å². The summed E-state index contributed by atoms with van der Waals surface area (Å²) >= 11 is 2.24. The minimum atomic E-state index is -5.19. The molecule has 0 aliphatic carbocycles. The molecule has 7 heteroatoms. The summed E-state index contributed by atoms with van der Waals surface area (Å²) in [6, 6.07) is -0.0318. The van der Waals surface area contributed by atoms with Gasteiger partial charge in [0.25, 0.3) is 0 Å². The predicted molar refractivity (Wildman–Crippen MR) is 39.0 cm³/mol. The van der Waals surface area contributed by atoms with E-state index in [1.54, 1.807) is 0 Å². The topological polar surface area (TPSA) is 0 Å². The minimum Gasteiger partial charge on any atom is -0.206 e. The van der Waals surface area contributed by atoms with Gasteiger partial charge in [-0.1, -0.05) is 0 Å². The molecule has 0 saturated heterocycles. The Balaban J connectivity index is 3.53. The van der Waals surface area contributed by atoms with Gasteiger partial charge in [-0.05, 0) is 15.9 Å². The first-order valence-electron chi connectivity index (χ1n) is 3.15. The molecule has 0 saturated carbocycles. The number of benzene rings is 1. The highest BCUT2D eigenvalue weighted by Gasteiger charge is 2.39. The normalized spacial score (nSPS) is 11.9. The van der Waals surface area contributed by atoms with Crippen LogP contribution in [0.5, 0.6) is 0 Å². The highest BCUT2D eigenvalue weighted by molar-refractivity contribution is 9.10. The van der Waals surface area contributed by atoms with E-state index in [1.807, 2.05) is 0 Å². The molecular formula is C7HBrF6. The Labute approximate surface area is 82.7 Å². The molecule has 0 nitrogen and oxygen atoms in total. The Morgan fingerprint density at radius 1 is 1.00 bits per heavy atom. The fourth-order valence-corrected chi connectivity index (χ4v) is 1.14. The number of rotatable bonds is 0. The van der Waals surface area contributed by atoms with Crippen LogP contribution < -0.4 is 0 Å². The zero-order valence-electron chi connectivity index (χ0n) is 6.22. The maximum Gasteiger partial charge on any atom is 0.422 e. The lowest BCUT2D eigenvalue weighted by atomic mass is 10.2. The highest BCUT2D eigenvalue weighted by Crippen LogP contribution is 2.36. The molecule has 1 aromatic carbocycles. The SMILES string of the molecule is Fc1cc(F)c(C(F)(F)F)c(F)c1Br. The first kappa shape index (κ1) is 11.4. The van der Waals surface area contributed by atoms with Crippen molar-refractivity contribution in [2.24, 2.45) is 0 Å². The van der Waals surface area contributed by atoms with Crippen molar-refractivity contribution < 1.29 is 26.3 Å². The molecule has 0 amide bonds. The first-order chi connectivity index (χ1) is 6.25. The van der Waals surface area contributed by atoms with E-state index >= 15 is 0 Å². The van der Waals surface area contributed by atoms with Crippen LogP contribution in [0.25, 0.3) is 0 Å². The summed E-state index contributed by atoms with van der Waals surface area (Å²) in [6.07, 6.45) is -5.19. The van der Waals surface area contributed by atoms with E-state index in [-0.39, 0.29) is 6.07 Å². The zero-order chi connectivity index (χ0) is 11.1. The molecule has 0 unspecified atom stereocenters. The maximum atomic E-state index is 12.8. The fraction of sp³-hybridized carbons (Fsp3) is 0.143. The Hall–Kier alpha value is -0.720. The second-order valence-corrected chi connectivity index (χ2v) is 3.13. The van der Waals surface area contributed by atoms with Crippen molar-refractivity contribution in [2.45, 2.75) is 6.18 Å². The maximum absolute atomic E-state index is 12.8. The molecule has 0 fully saturated rings. The molecule has 78 valence electrons. The molecule has 0 aliphatic heterocycles. The van der Waals surface area contributed by atoms with Crippen LogP contribution in [0, 0.1) is 17.5 Å². The second-order valence-electron chi connectivity index (χ2n) is 2.34. The lowest BCUT2D eigenvalue weighted by Gasteiger charge is -2.10. The zero-order valence-corrected chi connectivity index (χ0v) is 7.81. The van der Waals surface area contributed by atoms with Crippen LogP contribution >= 0.6 is 15.9 Å². The van der Waals surface area contributed by atoms with E-state index < -0.39 is 33.7 Å². The molecule has 0 aliphatic rings. The Kier molecular flexibility index (Phi) is 2.80. The van der Waals surface area contributed by atoms with Crippen molar-refractivity contribution in [2.75, 3.05) is 0 Å². The summed E-state index contributed by atoms with van der Waals surface area (Å²) in [6.45, 7) is 0. The van der Waals surface area contributed by atoms with Gasteiger partial charge >= 0.3 is 6.18 Å². The molecule has 0 aromatic heterocycles. The first-order valence-corrected chi connectivity index (χ1v) is 3.94. The third kappa shape index (κ3) is 1.87.